The van der Waals surface area contributed by atoms with E-state index in [0.29, 0.717) is 0 Å². The van der Waals surface area contributed by atoms with E-state index in [9.17, 15) is 5.11 Å². The van der Waals surface area contributed by atoms with Gasteiger partial charge in [-0.25, -0.2) is 0 Å². The number of aryl methyl sites for hydroxylation is 1. The second-order valence-corrected chi connectivity index (χ2v) is 5.20. The Morgan fingerprint density at radius 1 is 0.905 bits per heavy atom. The fourth-order valence-electron chi connectivity index (χ4n) is 2.39. The molecule has 0 bridgehead atoms. The third-order valence-electron chi connectivity index (χ3n) is 3.85. The number of nitrogens with zero attached hydrogens (tertiary/aromatic N) is 1. The molecule has 0 unspecified atom stereocenters. The highest BCUT2D eigenvalue weighted by Crippen LogP contribution is 2.28. The molecular formula is C19H17NO. The topological polar surface area (TPSA) is 32.6 Å². The smallest absolute Gasteiger partial charge is 0.132 e. The Kier molecular flexibility index (Phi) is 3.44. The standard InChI is InChI=1S/C19H17NO/c1-13-6-5-9-18(14(13)2)20-12-16-11-10-15-7-3-4-8-17(15)19(16)21/h3-12,21H,1-2H3. The number of hydrogen-bond acceptors (Lipinski definition) is 2. The molecule has 0 atom stereocenters. The molecule has 0 radical (unpaired) electrons. The van der Waals surface area contributed by atoms with Crippen LogP contribution in [-0.4, -0.2) is 11.3 Å². The van der Waals surface area contributed by atoms with Crippen molar-refractivity contribution in [3.05, 3.63) is 71.3 Å². The van der Waals surface area contributed by atoms with Crippen molar-refractivity contribution in [2.75, 3.05) is 0 Å². The molecule has 2 heteroatoms. The summed E-state index contributed by atoms with van der Waals surface area (Å²) in [6, 6.07) is 17.7. The molecular weight excluding hydrogens is 258 g/mol. The summed E-state index contributed by atoms with van der Waals surface area (Å²) in [6.45, 7) is 4.13. The maximum atomic E-state index is 10.4. The minimum Gasteiger partial charge on any atom is -0.507 e. The van der Waals surface area contributed by atoms with Crippen LogP contribution in [0.1, 0.15) is 16.7 Å². The van der Waals surface area contributed by atoms with Crippen molar-refractivity contribution in [3.8, 4) is 5.75 Å². The van der Waals surface area contributed by atoms with Gasteiger partial charge in [-0.15, -0.1) is 0 Å². The van der Waals surface area contributed by atoms with Gasteiger partial charge in [-0.2, -0.15) is 0 Å². The minimum absolute atomic E-state index is 0.280. The molecule has 3 aromatic carbocycles. The second kappa shape index (κ2) is 5.41. The van der Waals surface area contributed by atoms with E-state index in [2.05, 4.69) is 24.9 Å². The SMILES string of the molecule is Cc1cccc(N=Cc2ccc3ccccc3c2O)c1C. The van der Waals surface area contributed by atoms with E-state index in [4.69, 9.17) is 0 Å². The normalized spacial score (nSPS) is 11.3. The highest BCUT2D eigenvalue weighted by atomic mass is 16.3. The summed E-state index contributed by atoms with van der Waals surface area (Å²) in [4.78, 5) is 4.52. The van der Waals surface area contributed by atoms with E-state index in [-0.39, 0.29) is 5.75 Å². The van der Waals surface area contributed by atoms with E-state index in [1.54, 1.807) is 6.21 Å². The van der Waals surface area contributed by atoms with Gasteiger partial charge in [-0.1, -0.05) is 42.5 Å². The molecule has 0 aliphatic heterocycles. The van der Waals surface area contributed by atoms with Crippen molar-refractivity contribution in [2.24, 2.45) is 4.99 Å². The molecule has 0 saturated carbocycles. The van der Waals surface area contributed by atoms with E-state index in [0.717, 1.165) is 27.6 Å². The zero-order valence-electron chi connectivity index (χ0n) is 12.2. The van der Waals surface area contributed by atoms with Gasteiger partial charge >= 0.3 is 0 Å². The van der Waals surface area contributed by atoms with Gasteiger partial charge in [0.05, 0.1) is 5.69 Å². The molecule has 0 amide bonds. The molecule has 0 fully saturated rings. The molecule has 3 aromatic rings. The van der Waals surface area contributed by atoms with Crippen molar-refractivity contribution < 1.29 is 5.11 Å². The van der Waals surface area contributed by atoms with Crippen LogP contribution in [0.5, 0.6) is 5.75 Å². The van der Waals surface area contributed by atoms with Gasteiger partial charge in [0.2, 0.25) is 0 Å². The number of rotatable bonds is 2. The van der Waals surface area contributed by atoms with Gasteiger partial charge < -0.3 is 5.11 Å². The number of phenols is 1. The van der Waals surface area contributed by atoms with E-state index in [1.165, 1.54) is 5.56 Å². The second-order valence-electron chi connectivity index (χ2n) is 5.20. The van der Waals surface area contributed by atoms with E-state index >= 15 is 0 Å². The third-order valence-corrected chi connectivity index (χ3v) is 3.85. The summed E-state index contributed by atoms with van der Waals surface area (Å²) in [7, 11) is 0. The molecule has 1 N–H and O–H groups in total. The molecule has 104 valence electrons. The number of benzene rings is 3. The average molecular weight is 275 g/mol. The summed E-state index contributed by atoms with van der Waals surface area (Å²) in [6.07, 6.45) is 1.73. The van der Waals surface area contributed by atoms with Crippen LogP contribution >= 0.6 is 0 Å². The van der Waals surface area contributed by atoms with Gasteiger partial charge in [0.25, 0.3) is 0 Å². The molecule has 2 nitrogen and oxygen atoms in total. The molecule has 0 heterocycles. The Balaban J connectivity index is 2.04. The van der Waals surface area contributed by atoms with Crippen molar-refractivity contribution in [2.45, 2.75) is 13.8 Å². The number of phenolic OH excluding ortho intramolecular Hbond substituents is 1. The predicted octanol–water partition coefficient (Wildman–Crippen LogP) is 4.91. The fraction of sp³-hybridized carbons (Fsp3) is 0.105. The van der Waals surface area contributed by atoms with Gasteiger partial charge in [-0.3, -0.25) is 4.99 Å². The van der Waals surface area contributed by atoms with Crippen LogP contribution in [0.2, 0.25) is 0 Å². The summed E-state index contributed by atoms with van der Waals surface area (Å²) >= 11 is 0. The lowest BCUT2D eigenvalue weighted by Crippen LogP contribution is -1.86. The monoisotopic (exact) mass is 275 g/mol. The van der Waals surface area contributed by atoms with Crippen LogP contribution in [0.15, 0.2) is 59.6 Å². The van der Waals surface area contributed by atoms with E-state index < -0.39 is 0 Å². The summed E-state index contributed by atoms with van der Waals surface area (Å²) in [5.41, 5.74) is 4.04. The van der Waals surface area contributed by atoms with Crippen LogP contribution in [0.4, 0.5) is 5.69 Å². The molecule has 0 aliphatic carbocycles. The van der Waals surface area contributed by atoms with Crippen molar-refractivity contribution in [1.29, 1.82) is 0 Å². The molecule has 0 aliphatic rings. The van der Waals surface area contributed by atoms with Crippen LogP contribution in [0.3, 0.4) is 0 Å². The maximum Gasteiger partial charge on any atom is 0.132 e. The highest BCUT2D eigenvalue weighted by molar-refractivity contribution is 5.97. The Bertz CT molecular complexity index is 834. The zero-order chi connectivity index (χ0) is 14.8. The molecule has 0 aromatic heterocycles. The predicted molar refractivity (Wildman–Crippen MR) is 88.8 cm³/mol. The minimum atomic E-state index is 0.280. The first-order valence-electron chi connectivity index (χ1n) is 6.98. The lowest BCUT2D eigenvalue weighted by Gasteiger charge is -2.05. The number of aliphatic imine (C=N–C) groups is 1. The fourth-order valence-corrected chi connectivity index (χ4v) is 2.39. The van der Waals surface area contributed by atoms with Crippen LogP contribution in [0, 0.1) is 13.8 Å². The Labute approximate surface area is 124 Å². The van der Waals surface area contributed by atoms with Crippen LogP contribution < -0.4 is 0 Å². The summed E-state index contributed by atoms with van der Waals surface area (Å²) in [5, 5.41) is 12.2. The summed E-state index contributed by atoms with van der Waals surface area (Å²) in [5.74, 6) is 0.280. The molecule has 0 spiro atoms. The first-order chi connectivity index (χ1) is 10.2. The van der Waals surface area contributed by atoms with E-state index in [1.807, 2.05) is 48.5 Å². The number of aromatic hydroxyl groups is 1. The first kappa shape index (κ1) is 13.4. The third kappa shape index (κ3) is 2.52. The van der Waals surface area contributed by atoms with Crippen molar-refractivity contribution >= 4 is 22.7 Å². The van der Waals surface area contributed by atoms with Crippen LogP contribution in [0.25, 0.3) is 10.8 Å². The van der Waals surface area contributed by atoms with Gasteiger partial charge in [0.1, 0.15) is 5.75 Å². The first-order valence-corrected chi connectivity index (χ1v) is 6.98. The van der Waals surface area contributed by atoms with Crippen molar-refractivity contribution in [1.82, 2.24) is 0 Å². The average Bonchev–Trinajstić information content (AvgIpc) is 2.51. The van der Waals surface area contributed by atoms with Crippen LogP contribution in [-0.2, 0) is 0 Å². The maximum absolute atomic E-state index is 10.4. The van der Waals surface area contributed by atoms with Gasteiger partial charge in [0, 0.05) is 17.2 Å². The number of hydrogen-bond donors (Lipinski definition) is 1. The lowest BCUT2D eigenvalue weighted by atomic mass is 10.1. The van der Waals surface area contributed by atoms with Gasteiger partial charge in [0.15, 0.2) is 0 Å². The van der Waals surface area contributed by atoms with Gasteiger partial charge in [-0.05, 0) is 42.5 Å². The Morgan fingerprint density at radius 3 is 2.57 bits per heavy atom. The lowest BCUT2D eigenvalue weighted by molar-refractivity contribution is 0.481. The Morgan fingerprint density at radius 2 is 1.71 bits per heavy atom. The quantitative estimate of drug-likeness (QED) is 0.662. The zero-order valence-corrected chi connectivity index (χ0v) is 12.2. The molecule has 3 rings (SSSR count). The van der Waals surface area contributed by atoms with Crippen molar-refractivity contribution in [3.63, 3.8) is 0 Å². The highest BCUT2D eigenvalue weighted by Gasteiger charge is 2.04. The molecule has 21 heavy (non-hydrogen) atoms. The largest absolute Gasteiger partial charge is 0.507 e. The summed E-state index contributed by atoms with van der Waals surface area (Å²) < 4.78 is 0. The molecule has 0 saturated heterocycles. The number of fused-ring (bicyclic) bond motifs is 1. The Hall–Kier alpha value is -2.61.